The fraction of sp³-hybridized carbons (Fsp3) is 0.643. The fourth-order valence-electron chi connectivity index (χ4n) is 3.10. The third-order valence-corrected chi connectivity index (χ3v) is 3.79. The van der Waals surface area contributed by atoms with E-state index in [1.54, 1.807) is 0 Å². The molecule has 2 atom stereocenters. The Morgan fingerprint density at radius 2 is 2.19 bits per heavy atom. The van der Waals surface area contributed by atoms with E-state index in [4.69, 9.17) is 4.74 Å². The second-order valence-corrected chi connectivity index (χ2v) is 5.49. The molecule has 1 aliphatic heterocycles. The van der Waals surface area contributed by atoms with E-state index in [2.05, 4.69) is 27.4 Å². The highest BCUT2D eigenvalue weighted by Crippen LogP contribution is 2.48. The van der Waals surface area contributed by atoms with Gasteiger partial charge in [-0.25, -0.2) is 4.79 Å². The first-order chi connectivity index (χ1) is 7.44. The molecule has 0 aromatic rings. The lowest BCUT2D eigenvalue weighted by Gasteiger charge is -2.38. The minimum atomic E-state index is -0.343. The molecular formula is C14H20O2. The van der Waals surface area contributed by atoms with Gasteiger partial charge in [0.1, 0.15) is 5.60 Å². The first-order valence-electron chi connectivity index (χ1n) is 6.02. The molecule has 0 aromatic carbocycles. The molecule has 0 N–H and O–H groups in total. The predicted molar refractivity (Wildman–Crippen MR) is 64.0 cm³/mol. The van der Waals surface area contributed by atoms with E-state index in [1.165, 1.54) is 17.6 Å². The maximum Gasteiger partial charge on any atom is 0.334 e. The standard InChI is InChI=1S/C14H20O2/c1-9(2)12-6-5-10(3)7-14(12)8-11(4)13(15)16-14/h10H,4-8H2,1-3H3/t10-,14-/m0/s1. The summed E-state index contributed by atoms with van der Waals surface area (Å²) in [7, 11) is 0. The summed E-state index contributed by atoms with van der Waals surface area (Å²) < 4.78 is 5.65. The van der Waals surface area contributed by atoms with Crippen LogP contribution in [0.2, 0.25) is 0 Å². The highest BCUT2D eigenvalue weighted by Gasteiger charge is 2.48. The average Bonchev–Trinajstić information content (AvgIpc) is 2.41. The molecule has 0 aromatic heterocycles. The van der Waals surface area contributed by atoms with Crippen LogP contribution in [0.3, 0.4) is 0 Å². The molecular weight excluding hydrogens is 200 g/mol. The number of hydrogen-bond acceptors (Lipinski definition) is 2. The van der Waals surface area contributed by atoms with Crippen LogP contribution in [0.5, 0.6) is 0 Å². The molecule has 2 nitrogen and oxygen atoms in total. The van der Waals surface area contributed by atoms with Crippen molar-refractivity contribution in [3.05, 3.63) is 23.3 Å². The Morgan fingerprint density at radius 1 is 1.50 bits per heavy atom. The van der Waals surface area contributed by atoms with Crippen molar-refractivity contribution >= 4 is 5.97 Å². The summed E-state index contributed by atoms with van der Waals surface area (Å²) in [5.74, 6) is 0.426. The third-order valence-electron chi connectivity index (χ3n) is 3.79. The summed E-state index contributed by atoms with van der Waals surface area (Å²) in [6, 6.07) is 0. The lowest BCUT2D eigenvalue weighted by atomic mass is 9.72. The first kappa shape index (κ1) is 11.4. The van der Waals surface area contributed by atoms with E-state index in [0.717, 1.165) is 12.8 Å². The molecule has 1 saturated carbocycles. The number of esters is 1. The van der Waals surface area contributed by atoms with Gasteiger partial charge in [0.15, 0.2) is 0 Å². The van der Waals surface area contributed by atoms with Gasteiger partial charge in [0.2, 0.25) is 0 Å². The van der Waals surface area contributed by atoms with Gasteiger partial charge in [-0.1, -0.05) is 19.1 Å². The van der Waals surface area contributed by atoms with E-state index >= 15 is 0 Å². The molecule has 1 saturated heterocycles. The number of carbonyl (C=O) groups excluding carboxylic acids is 1. The van der Waals surface area contributed by atoms with Crippen LogP contribution in [0.4, 0.5) is 0 Å². The second kappa shape index (κ2) is 3.76. The van der Waals surface area contributed by atoms with Gasteiger partial charge in [-0.05, 0) is 44.6 Å². The summed E-state index contributed by atoms with van der Waals surface area (Å²) >= 11 is 0. The van der Waals surface area contributed by atoms with Crippen molar-refractivity contribution in [2.45, 2.75) is 52.1 Å². The third kappa shape index (κ3) is 1.70. The van der Waals surface area contributed by atoms with Crippen molar-refractivity contribution in [3.63, 3.8) is 0 Å². The topological polar surface area (TPSA) is 26.3 Å². The van der Waals surface area contributed by atoms with E-state index in [0.29, 0.717) is 17.9 Å². The Morgan fingerprint density at radius 3 is 2.69 bits per heavy atom. The molecule has 2 heteroatoms. The predicted octanol–water partition coefficient (Wildman–Crippen LogP) is 3.38. The monoisotopic (exact) mass is 220 g/mol. The van der Waals surface area contributed by atoms with Crippen molar-refractivity contribution in [1.82, 2.24) is 0 Å². The molecule has 0 radical (unpaired) electrons. The van der Waals surface area contributed by atoms with Gasteiger partial charge in [0, 0.05) is 12.0 Å². The Balaban J connectivity index is 2.39. The zero-order valence-corrected chi connectivity index (χ0v) is 10.4. The van der Waals surface area contributed by atoms with Crippen LogP contribution < -0.4 is 0 Å². The van der Waals surface area contributed by atoms with Crippen LogP contribution in [0.15, 0.2) is 23.3 Å². The molecule has 0 amide bonds. The van der Waals surface area contributed by atoms with E-state index < -0.39 is 0 Å². The lowest BCUT2D eigenvalue weighted by molar-refractivity contribution is -0.145. The quantitative estimate of drug-likeness (QED) is 0.355. The molecule has 2 aliphatic rings. The summed E-state index contributed by atoms with van der Waals surface area (Å²) in [6.45, 7) is 10.3. The lowest BCUT2D eigenvalue weighted by Crippen LogP contribution is -2.37. The highest BCUT2D eigenvalue weighted by atomic mass is 16.6. The molecule has 88 valence electrons. The second-order valence-electron chi connectivity index (χ2n) is 5.49. The Labute approximate surface area is 97.4 Å². The van der Waals surface area contributed by atoms with E-state index in [9.17, 15) is 4.79 Å². The first-order valence-corrected chi connectivity index (χ1v) is 6.02. The zero-order chi connectivity index (χ0) is 11.9. The average molecular weight is 220 g/mol. The number of ether oxygens (including phenoxy) is 1. The SMILES string of the molecule is C=C1C[C@]2(C[C@@H](C)CCC2=C(C)C)OC1=O. The van der Waals surface area contributed by atoms with Gasteiger partial charge in [0.25, 0.3) is 0 Å². The van der Waals surface area contributed by atoms with Gasteiger partial charge in [-0.15, -0.1) is 0 Å². The van der Waals surface area contributed by atoms with Crippen LogP contribution >= 0.6 is 0 Å². The van der Waals surface area contributed by atoms with Gasteiger partial charge in [-0.3, -0.25) is 0 Å². The van der Waals surface area contributed by atoms with Crippen LogP contribution in [0.25, 0.3) is 0 Å². The number of carbonyl (C=O) groups is 1. The Bertz CT molecular complexity index is 356. The number of allylic oxidation sites excluding steroid dienone is 1. The van der Waals surface area contributed by atoms with Crippen molar-refractivity contribution < 1.29 is 9.53 Å². The molecule has 0 unspecified atom stereocenters. The van der Waals surface area contributed by atoms with Crippen molar-refractivity contribution in [2.24, 2.45) is 5.92 Å². The van der Waals surface area contributed by atoms with Crippen molar-refractivity contribution in [2.75, 3.05) is 0 Å². The van der Waals surface area contributed by atoms with Gasteiger partial charge >= 0.3 is 5.97 Å². The van der Waals surface area contributed by atoms with E-state index in [1.807, 2.05) is 0 Å². The zero-order valence-electron chi connectivity index (χ0n) is 10.4. The van der Waals surface area contributed by atoms with Gasteiger partial charge in [-0.2, -0.15) is 0 Å². The normalized spacial score (nSPS) is 34.4. The number of rotatable bonds is 0. The summed E-state index contributed by atoms with van der Waals surface area (Å²) in [4.78, 5) is 11.6. The maximum absolute atomic E-state index is 11.6. The van der Waals surface area contributed by atoms with Crippen LogP contribution in [0.1, 0.15) is 46.5 Å². The van der Waals surface area contributed by atoms with Crippen LogP contribution in [0, 0.1) is 5.92 Å². The van der Waals surface area contributed by atoms with Crippen LogP contribution in [-0.2, 0) is 9.53 Å². The number of hydrogen-bond donors (Lipinski definition) is 0. The molecule has 1 aliphatic carbocycles. The highest BCUT2D eigenvalue weighted by molar-refractivity contribution is 5.91. The molecule has 16 heavy (non-hydrogen) atoms. The Kier molecular flexibility index (Phi) is 2.69. The van der Waals surface area contributed by atoms with Crippen molar-refractivity contribution in [3.8, 4) is 0 Å². The molecule has 2 fully saturated rings. The Hall–Kier alpha value is -1.05. The van der Waals surface area contributed by atoms with Gasteiger partial charge in [0.05, 0.1) is 0 Å². The molecule has 1 heterocycles. The summed E-state index contributed by atoms with van der Waals surface area (Å²) in [5, 5.41) is 0. The maximum atomic E-state index is 11.6. The fourth-order valence-corrected chi connectivity index (χ4v) is 3.10. The minimum Gasteiger partial charge on any atom is -0.451 e. The molecule has 2 rings (SSSR count). The van der Waals surface area contributed by atoms with E-state index in [-0.39, 0.29) is 11.6 Å². The largest absolute Gasteiger partial charge is 0.451 e. The van der Waals surface area contributed by atoms with Gasteiger partial charge < -0.3 is 4.74 Å². The minimum absolute atomic E-state index is 0.201. The smallest absolute Gasteiger partial charge is 0.334 e. The summed E-state index contributed by atoms with van der Waals surface area (Å²) in [5.41, 5.74) is 2.92. The van der Waals surface area contributed by atoms with Crippen LogP contribution in [-0.4, -0.2) is 11.6 Å². The summed E-state index contributed by atoms with van der Waals surface area (Å²) in [6.07, 6.45) is 3.91. The molecule has 0 bridgehead atoms. The van der Waals surface area contributed by atoms with Crippen molar-refractivity contribution in [1.29, 1.82) is 0 Å². The molecule has 1 spiro atoms.